The molecule has 0 heterocycles. The lowest BCUT2D eigenvalue weighted by molar-refractivity contribution is -0.136. The van der Waals surface area contributed by atoms with E-state index < -0.39 is 5.97 Å². The monoisotopic (exact) mass is 264 g/mol. The van der Waals surface area contributed by atoms with Crippen molar-refractivity contribution in [1.82, 2.24) is 0 Å². The maximum absolute atomic E-state index is 10.6. The molecule has 19 heavy (non-hydrogen) atoms. The minimum Gasteiger partial charge on any atom is -0.497 e. The van der Waals surface area contributed by atoms with Gasteiger partial charge in [-0.25, -0.2) is 0 Å². The number of hydrogen-bond donors (Lipinski definition) is 1. The number of aliphatic carboxylic acids is 1. The molecule has 0 spiro atoms. The molecule has 6 heteroatoms. The quantitative estimate of drug-likeness (QED) is 0.751. The third-order valence-electron chi connectivity index (χ3n) is 2.58. The van der Waals surface area contributed by atoms with Crippen LogP contribution < -0.4 is 14.4 Å². The van der Waals surface area contributed by atoms with Crippen LogP contribution >= 0.6 is 0 Å². The van der Waals surface area contributed by atoms with Crippen molar-refractivity contribution in [3.05, 3.63) is 18.2 Å². The molecule has 1 N–H and O–H groups in total. The van der Waals surface area contributed by atoms with Gasteiger partial charge in [0.05, 0.1) is 32.4 Å². The summed E-state index contributed by atoms with van der Waals surface area (Å²) in [7, 11) is 3.06. The summed E-state index contributed by atoms with van der Waals surface area (Å²) in [5, 5.41) is 17.5. The highest BCUT2D eigenvalue weighted by atomic mass is 16.5. The van der Waals surface area contributed by atoms with Crippen LogP contribution in [0, 0.1) is 11.3 Å². The number of benzene rings is 1. The lowest BCUT2D eigenvalue weighted by atomic mass is 10.2. The Balaban J connectivity index is 3.00. The number of hydrogen-bond acceptors (Lipinski definition) is 5. The normalized spacial score (nSPS) is 9.53. The van der Waals surface area contributed by atoms with Gasteiger partial charge in [0.15, 0.2) is 0 Å². The maximum atomic E-state index is 10.6. The predicted molar refractivity (Wildman–Crippen MR) is 69.6 cm³/mol. The molecule has 0 aliphatic carbocycles. The van der Waals surface area contributed by atoms with Gasteiger partial charge in [-0.3, -0.25) is 4.79 Å². The van der Waals surface area contributed by atoms with Gasteiger partial charge in [-0.2, -0.15) is 5.26 Å². The average Bonchev–Trinajstić information content (AvgIpc) is 2.42. The predicted octanol–water partition coefficient (Wildman–Crippen LogP) is 1.51. The van der Waals surface area contributed by atoms with Crippen LogP contribution in [0.3, 0.4) is 0 Å². The van der Waals surface area contributed by atoms with Crippen LogP contribution in [0.15, 0.2) is 18.2 Å². The lowest BCUT2D eigenvalue weighted by Crippen LogP contribution is -2.26. The van der Waals surface area contributed by atoms with E-state index in [-0.39, 0.29) is 19.5 Å². The second kappa shape index (κ2) is 7.11. The molecule has 0 aromatic heterocycles. The summed E-state index contributed by atoms with van der Waals surface area (Å²) < 4.78 is 10.3. The van der Waals surface area contributed by atoms with Gasteiger partial charge in [0.1, 0.15) is 18.0 Å². The average molecular weight is 264 g/mol. The molecule has 0 atom stereocenters. The van der Waals surface area contributed by atoms with E-state index in [1.54, 1.807) is 30.2 Å². The van der Waals surface area contributed by atoms with E-state index in [1.165, 1.54) is 7.11 Å². The zero-order valence-corrected chi connectivity index (χ0v) is 10.9. The SMILES string of the molecule is COc1ccc(N(CC#N)CCC(=O)O)c(OC)c1. The number of rotatable bonds is 7. The van der Waals surface area contributed by atoms with Crippen molar-refractivity contribution in [3.8, 4) is 17.6 Å². The Morgan fingerprint density at radius 3 is 2.68 bits per heavy atom. The fourth-order valence-corrected chi connectivity index (χ4v) is 1.65. The van der Waals surface area contributed by atoms with Gasteiger partial charge in [0.2, 0.25) is 0 Å². The fraction of sp³-hybridized carbons (Fsp3) is 0.385. The van der Waals surface area contributed by atoms with Gasteiger partial charge in [0.25, 0.3) is 0 Å². The zero-order valence-electron chi connectivity index (χ0n) is 10.9. The first kappa shape index (κ1) is 14.6. The molecule has 0 unspecified atom stereocenters. The third kappa shape index (κ3) is 4.07. The second-order valence-electron chi connectivity index (χ2n) is 3.76. The molecule has 0 fully saturated rings. The Bertz CT molecular complexity index is 482. The maximum Gasteiger partial charge on any atom is 0.305 e. The molecule has 0 saturated heterocycles. The van der Waals surface area contributed by atoms with E-state index in [9.17, 15) is 4.79 Å². The van der Waals surface area contributed by atoms with E-state index in [1.807, 2.05) is 6.07 Å². The molecule has 0 amide bonds. The molecule has 0 bridgehead atoms. The Hall–Kier alpha value is -2.42. The van der Waals surface area contributed by atoms with Gasteiger partial charge >= 0.3 is 5.97 Å². The molecule has 1 aromatic carbocycles. The van der Waals surface area contributed by atoms with Crippen LogP contribution in [0.5, 0.6) is 11.5 Å². The molecule has 0 saturated carbocycles. The molecule has 0 aliphatic rings. The van der Waals surface area contributed by atoms with E-state index in [0.29, 0.717) is 17.2 Å². The highest BCUT2D eigenvalue weighted by Crippen LogP contribution is 2.32. The van der Waals surface area contributed by atoms with Gasteiger partial charge in [-0.1, -0.05) is 0 Å². The minimum atomic E-state index is -0.907. The topological polar surface area (TPSA) is 82.8 Å². The van der Waals surface area contributed by atoms with Gasteiger partial charge < -0.3 is 19.5 Å². The van der Waals surface area contributed by atoms with Crippen LogP contribution in [-0.4, -0.2) is 38.4 Å². The number of anilines is 1. The first-order valence-electron chi connectivity index (χ1n) is 5.68. The van der Waals surface area contributed by atoms with Gasteiger partial charge in [-0.15, -0.1) is 0 Å². The van der Waals surface area contributed by atoms with E-state index >= 15 is 0 Å². The molecule has 6 nitrogen and oxygen atoms in total. The van der Waals surface area contributed by atoms with E-state index in [0.717, 1.165) is 0 Å². The van der Waals surface area contributed by atoms with Crippen LogP contribution in [-0.2, 0) is 4.79 Å². The Kier molecular flexibility index (Phi) is 5.48. The number of ether oxygens (including phenoxy) is 2. The van der Waals surface area contributed by atoms with Crippen molar-refractivity contribution in [1.29, 1.82) is 5.26 Å². The summed E-state index contributed by atoms with van der Waals surface area (Å²) in [5.41, 5.74) is 0.672. The number of nitriles is 1. The van der Waals surface area contributed by atoms with Crippen LogP contribution in [0.4, 0.5) is 5.69 Å². The molecule has 0 radical (unpaired) electrons. The molecule has 1 rings (SSSR count). The molecular weight excluding hydrogens is 248 g/mol. The largest absolute Gasteiger partial charge is 0.497 e. The Labute approximate surface area is 111 Å². The van der Waals surface area contributed by atoms with Crippen molar-refractivity contribution in [3.63, 3.8) is 0 Å². The summed E-state index contributed by atoms with van der Waals surface area (Å²) in [6, 6.07) is 7.20. The van der Waals surface area contributed by atoms with E-state index in [2.05, 4.69) is 0 Å². The summed E-state index contributed by atoms with van der Waals surface area (Å²) in [5.74, 6) is 0.270. The molecule has 102 valence electrons. The summed E-state index contributed by atoms with van der Waals surface area (Å²) >= 11 is 0. The smallest absolute Gasteiger partial charge is 0.305 e. The number of carbonyl (C=O) groups is 1. The first-order valence-corrected chi connectivity index (χ1v) is 5.68. The zero-order chi connectivity index (χ0) is 14.3. The Morgan fingerprint density at radius 2 is 2.16 bits per heavy atom. The molecule has 1 aromatic rings. The highest BCUT2D eigenvalue weighted by molar-refractivity contribution is 5.68. The van der Waals surface area contributed by atoms with E-state index in [4.69, 9.17) is 19.8 Å². The summed E-state index contributed by atoms with van der Waals surface area (Å²) in [6.45, 7) is 0.335. The number of carboxylic acids is 1. The molecule has 0 aliphatic heterocycles. The highest BCUT2D eigenvalue weighted by Gasteiger charge is 2.14. The number of carboxylic acid groups (broad SMARTS) is 1. The standard InChI is InChI=1S/C13H16N2O4/c1-18-10-3-4-11(12(9-10)19-2)15(8-6-14)7-5-13(16)17/h3-4,9H,5,7-8H2,1-2H3,(H,16,17). The van der Waals surface area contributed by atoms with Gasteiger partial charge in [0, 0.05) is 12.6 Å². The minimum absolute atomic E-state index is 0.0448. The van der Waals surface area contributed by atoms with Crippen LogP contribution in [0.1, 0.15) is 6.42 Å². The van der Waals surface area contributed by atoms with Crippen molar-refractivity contribution < 1.29 is 19.4 Å². The third-order valence-corrected chi connectivity index (χ3v) is 2.58. The van der Waals surface area contributed by atoms with Crippen molar-refractivity contribution >= 4 is 11.7 Å². The summed E-state index contributed by atoms with van der Waals surface area (Å²) in [6.07, 6.45) is -0.0448. The second-order valence-corrected chi connectivity index (χ2v) is 3.76. The number of nitrogens with zero attached hydrogens (tertiary/aromatic N) is 2. The fourth-order valence-electron chi connectivity index (χ4n) is 1.65. The lowest BCUT2D eigenvalue weighted by Gasteiger charge is -2.23. The molecular formula is C13H16N2O4. The summed E-state index contributed by atoms with van der Waals surface area (Å²) in [4.78, 5) is 12.3. The van der Waals surface area contributed by atoms with Crippen molar-refractivity contribution in [2.75, 3.05) is 32.2 Å². The number of methoxy groups -OCH3 is 2. The van der Waals surface area contributed by atoms with Gasteiger partial charge in [-0.05, 0) is 12.1 Å². The van der Waals surface area contributed by atoms with Crippen molar-refractivity contribution in [2.24, 2.45) is 0 Å². The van der Waals surface area contributed by atoms with Crippen LogP contribution in [0.25, 0.3) is 0 Å². The van der Waals surface area contributed by atoms with Crippen LogP contribution in [0.2, 0.25) is 0 Å². The Morgan fingerprint density at radius 1 is 1.42 bits per heavy atom. The first-order chi connectivity index (χ1) is 9.12. The van der Waals surface area contributed by atoms with Crippen molar-refractivity contribution in [2.45, 2.75) is 6.42 Å².